The van der Waals surface area contributed by atoms with Crippen molar-refractivity contribution in [2.45, 2.75) is 19.3 Å². The molecule has 0 aromatic heterocycles. The van der Waals surface area contributed by atoms with Gasteiger partial charge in [-0.3, -0.25) is 0 Å². The first-order chi connectivity index (χ1) is 4.52. The molecule has 0 spiro atoms. The molecule has 0 bridgehead atoms. The van der Waals surface area contributed by atoms with Crippen molar-refractivity contribution in [2.75, 3.05) is 20.1 Å². The van der Waals surface area contributed by atoms with Crippen molar-refractivity contribution in [2.24, 2.45) is 5.92 Å². The van der Waals surface area contributed by atoms with Gasteiger partial charge in [0.2, 0.25) is 0 Å². The number of halogens is 2. The summed E-state index contributed by atoms with van der Waals surface area (Å²) in [7, 11) is 1.88. The lowest BCUT2D eigenvalue weighted by Crippen LogP contribution is -2.43. The lowest BCUT2D eigenvalue weighted by Gasteiger charge is -2.34. The fourth-order valence-electron chi connectivity index (χ4n) is 1.28. The van der Waals surface area contributed by atoms with Crippen LogP contribution in [0, 0.1) is 5.92 Å². The molecule has 0 saturated carbocycles. The molecule has 1 rings (SSSR count). The first-order valence-corrected chi connectivity index (χ1v) is 3.59. The largest absolute Gasteiger partial charge is 0.306 e. The topological polar surface area (TPSA) is 3.24 Å². The molecule has 0 N–H and O–H groups in total. The van der Waals surface area contributed by atoms with E-state index in [1.807, 2.05) is 11.9 Å². The molecule has 1 saturated heterocycles. The molecule has 60 valence electrons. The minimum Gasteiger partial charge on any atom is -0.306 e. The molecule has 1 nitrogen and oxygen atoms in total. The number of piperidine rings is 1. The Kier molecular flexibility index (Phi) is 1.95. The highest BCUT2D eigenvalue weighted by molar-refractivity contribution is 4.81. The standard InChI is InChI=1S/C7H13F2N/c1-6-5-10(2)4-3-7(6,8)9/h6H,3-5H2,1-2H3. The van der Waals surface area contributed by atoms with Crippen LogP contribution in [0.5, 0.6) is 0 Å². The quantitative estimate of drug-likeness (QED) is 0.505. The van der Waals surface area contributed by atoms with Crippen LogP contribution in [0.2, 0.25) is 0 Å². The molecule has 0 aliphatic carbocycles. The molecule has 1 aliphatic heterocycles. The van der Waals surface area contributed by atoms with E-state index in [-0.39, 0.29) is 6.42 Å². The third-order valence-corrected chi connectivity index (χ3v) is 2.13. The summed E-state index contributed by atoms with van der Waals surface area (Å²) in [4.78, 5) is 1.95. The molecular weight excluding hydrogens is 136 g/mol. The van der Waals surface area contributed by atoms with Crippen LogP contribution < -0.4 is 0 Å². The van der Waals surface area contributed by atoms with Gasteiger partial charge >= 0.3 is 0 Å². The van der Waals surface area contributed by atoms with Gasteiger partial charge in [0, 0.05) is 25.4 Å². The van der Waals surface area contributed by atoms with Crippen LogP contribution in [0.15, 0.2) is 0 Å². The first kappa shape index (κ1) is 7.92. The van der Waals surface area contributed by atoms with Crippen LogP contribution in [-0.2, 0) is 0 Å². The van der Waals surface area contributed by atoms with Gasteiger partial charge in [0.05, 0.1) is 0 Å². The van der Waals surface area contributed by atoms with Crippen molar-refractivity contribution >= 4 is 0 Å². The van der Waals surface area contributed by atoms with E-state index in [0.29, 0.717) is 13.1 Å². The van der Waals surface area contributed by atoms with Crippen molar-refractivity contribution in [1.82, 2.24) is 4.90 Å². The Balaban J connectivity index is 2.52. The Morgan fingerprint density at radius 2 is 2.10 bits per heavy atom. The number of hydrogen-bond acceptors (Lipinski definition) is 1. The summed E-state index contributed by atoms with van der Waals surface area (Å²) in [5.74, 6) is -2.90. The summed E-state index contributed by atoms with van der Waals surface area (Å²) < 4.78 is 25.5. The Morgan fingerprint density at radius 1 is 1.50 bits per heavy atom. The normalized spacial score (nSPS) is 34.2. The molecule has 0 aromatic rings. The van der Waals surface area contributed by atoms with E-state index in [1.165, 1.54) is 0 Å². The van der Waals surface area contributed by atoms with Gasteiger partial charge < -0.3 is 4.90 Å². The minimum atomic E-state index is -2.42. The highest BCUT2D eigenvalue weighted by Crippen LogP contribution is 2.32. The molecule has 10 heavy (non-hydrogen) atoms. The highest BCUT2D eigenvalue weighted by atomic mass is 19.3. The van der Waals surface area contributed by atoms with E-state index in [1.54, 1.807) is 6.92 Å². The third-order valence-electron chi connectivity index (χ3n) is 2.13. The molecule has 0 radical (unpaired) electrons. The second-order valence-electron chi connectivity index (χ2n) is 3.17. The fraction of sp³-hybridized carbons (Fsp3) is 1.00. The molecule has 0 amide bonds. The zero-order valence-corrected chi connectivity index (χ0v) is 6.40. The molecule has 1 unspecified atom stereocenters. The van der Waals surface area contributed by atoms with Gasteiger partial charge in [0.15, 0.2) is 0 Å². The second kappa shape index (κ2) is 2.46. The minimum absolute atomic E-state index is 0.0185. The number of nitrogens with zero attached hydrogens (tertiary/aromatic N) is 1. The van der Waals surface area contributed by atoms with E-state index in [4.69, 9.17) is 0 Å². The molecule has 3 heteroatoms. The van der Waals surface area contributed by atoms with Crippen LogP contribution in [0.1, 0.15) is 13.3 Å². The van der Waals surface area contributed by atoms with Gasteiger partial charge in [-0.2, -0.15) is 0 Å². The molecule has 1 fully saturated rings. The smallest absolute Gasteiger partial charge is 0.253 e. The molecule has 0 aromatic carbocycles. The predicted molar refractivity (Wildman–Crippen MR) is 36.2 cm³/mol. The van der Waals surface area contributed by atoms with E-state index in [0.717, 1.165) is 0 Å². The lowest BCUT2D eigenvalue weighted by molar-refractivity contribution is -0.0945. The maximum absolute atomic E-state index is 12.7. The van der Waals surface area contributed by atoms with Crippen molar-refractivity contribution in [3.05, 3.63) is 0 Å². The zero-order valence-electron chi connectivity index (χ0n) is 6.40. The van der Waals surface area contributed by atoms with Gasteiger partial charge in [-0.1, -0.05) is 6.92 Å². The Hall–Kier alpha value is -0.180. The van der Waals surface area contributed by atoms with Crippen molar-refractivity contribution in [1.29, 1.82) is 0 Å². The zero-order chi connectivity index (χ0) is 7.78. The van der Waals surface area contributed by atoms with Crippen LogP contribution in [0.25, 0.3) is 0 Å². The van der Waals surface area contributed by atoms with Gasteiger partial charge in [-0.15, -0.1) is 0 Å². The van der Waals surface area contributed by atoms with Gasteiger partial charge in [0.25, 0.3) is 5.92 Å². The van der Waals surface area contributed by atoms with Gasteiger partial charge in [-0.25, -0.2) is 8.78 Å². The average Bonchev–Trinajstić information content (AvgIpc) is 1.81. The van der Waals surface area contributed by atoms with Crippen molar-refractivity contribution in [3.8, 4) is 0 Å². The summed E-state index contributed by atoms with van der Waals surface area (Å²) in [6.07, 6.45) is 0.0185. The SMILES string of the molecule is CC1CN(C)CCC1(F)F. The van der Waals surface area contributed by atoms with Crippen LogP contribution in [0.4, 0.5) is 8.78 Å². The summed E-state index contributed by atoms with van der Waals surface area (Å²) in [6.45, 7) is 2.65. The maximum Gasteiger partial charge on any atom is 0.253 e. The first-order valence-electron chi connectivity index (χ1n) is 3.59. The molecular formula is C7H13F2N. The summed E-state index contributed by atoms with van der Waals surface area (Å²) in [5, 5.41) is 0. The van der Waals surface area contributed by atoms with Crippen LogP contribution >= 0.6 is 0 Å². The summed E-state index contributed by atoms with van der Waals surface area (Å²) in [6, 6.07) is 0. The lowest BCUT2D eigenvalue weighted by atomic mass is 9.96. The fourth-order valence-corrected chi connectivity index (χ4v) is 1.28. The molecule has 1 atom stereocenters. The van der Waals surface area contributed by atoms with Crippen molar-refractivity contribution in [3.63, 3.8) is 0 Å². The second-order valence-corrected chi connectivity index (χ2v) is 3.17. The highest BCUT2D eigenvalue weighted by Gasteiger charge is 2.39. The third kappa shape index (κ3) is 1.45. The van der Waals surface area contributed by atoms with Gasteiger partial charge in [0.1, 0.15) is 0 Å². The monoisotopic (exact) mass is 149 g/mol. The van der Waals surface area contributed by atoms with E-state index in [9.17, 15) is 8.78 Å². The Morgan fingerprint density at radius 3 is 2.50 bits per heavy atom. The average molecular weight is 149 g/mol. The van der Waals surface area contributed by atoms with Crippen molar-refractivity contribution < 1.29 is 8.78 Å². The number of hydrogen-bond donors (Lipinski definition) is 0. The van der Waals surface area contributed by atoms with E-state index >= 15 is 0 Å². The van der Waals surface area contributed by atoms with E-state index < -0.39 is 11.8 Å². The molecule has 1 aliphatic rings. The molecule has 1 heterocycles. The predicted octanol–water partition coefficient (Wildman–Crippen LogP) is 1.59. The number of likely N-dealkylation sites (tertiary alicyclic amines) is 1. The van der Waals surface area contributed by atoms with Crippen LogP contribution in [0.3, 0.4) is 0 Å². The van der Waals surface area contributed by atoms with Crippen LogP contribution in [-0.4, -0.2) is 31.0 Å². The van der Waals surface area contributed by atoms with E-state index in [2.05, 4.69) is 0 Å². The Bertz CT molecular complexity index is 125. The maximum atomic E-state index is 12.7. The Labute approximate surface area is 60.0 Å². The number of rotatable bonds is 0. The summed E-state index contributed by atoms with van der Waals surface area (Å²) in [5.41, 5.74) is 0. The number of alkyl halides is 2. The van der Waals surface area contributed by atoms with Gasteiger partial charge in [-0.05, 0) is 7.05 Å². The summed E-state index contributed by atoms with van der Waals surface area (Å²) >= 11 is 0.